The minimum absolute atomic E-state index is 0.0445. The number of amides is 1. The van der Waals surface area contributed by atoms with Crippen LogP contribution in [0.4, 0.5) is 10.1 Å². The molecule has 1 aliphatic carbocycles. The summed E-state index contributed by atoms with van der Waals surface area (Å²) < 4.78 is 39.4. The van der Waals surface area contributed by atoms with Crippen molar-refractivity contribution < 1.29 is 17.6 Å². The maximum Gasteiger partial charge on any atom is 0.246 e. The maximum atomic E-state index is 14.0. The Bertz CT molecular complexity index is 677. The molecule has 1 aromatic rings. The smallest absolute Gasteiger partial charge is 0.246 e. The molecular weight excluding hydrogens is 365 g/mol. The van der Waals surface area contributed by atoms with E-state index in [2.05, 4.69) is 21.2 Å². The first kappa shape index (κ1) is 16.2. The number of rotatable bonds is 5. The van der Waals surface area contributed by atoms with Crippen molar-refractivity contribution in [3.05, 3.63) is 22.4 Å². The van der Waals surface area contributed by atoms with E-state index in [1.807, 2.05) is 0 Å². The van der Waals surface area contributed by atoms with Gasteiger partial charge in [0.1, 0.15) is 4.90 Å². The normalized spacial score (nSPS) is 15.2. The van der Waals surface area contributed by atoms with Gasteiger partial charge in [0.15, 0.2) is 5.82 Å². The summed E-state index contributed by atoms with van der Waals surface area (Å²) in [7, 11) is -2.92. The molecule has 0 unspecified atom stereocenters. The van der Waals surface area contributed by atoms with Gasteiger partial charge in [-0.15, -0.1) is 0 Å². The molecule has 1 aliphatic rings. The van der Waals surface area contributed by atoms with Gasteiger partial charge in [0.25, 0.3) is 0 Å². The highest BCUT2D eigenvalue weighted by Gasteiger charge is 2.29. The fourth-order valence-electron chi connectivity index (χ4n) is 1.73. The molecule has 0 radical (unpaired) electrons. The number of halogens is 2. The van der Waals surface area contributed by atoms with Crippen molar-refractivity contribution in [2.45, 2.75) is 23.8 Å². The van der Waals surface area contributed by atoms with E-state index in [4.69, 9.17) is 5.73 Å². The summed E-state index contributed by atoms with van der Waals surface area (Å²) in [6.45, 7) is -0.370. The summed E-state index contributed by atoms with van der Waals surface area (Å²) in [6, 6.07) is 2.44. The zero-order chi connectivity index (χ0) is 15.8. The molecule has 1 saturated carbocycles. The number of nitrogens with one attached hydrogen (secondary N) is 1. The van der Waals surface area contributed by atoms with Crippen molar-refractivity contribution in [2.24, 2.45) is 0 Å². The number of nitrogens with zero attached hydrogens (tertiary/aromatic N) is 1. The first-order valence-corrected chi connectivity index (χ1v) is 8.45. The van der Waals surface area contributed by atoms with E-state index in [0.29, 0.717) is 0 Å². The third-order valence-electron chi connectivity index (χ3n) is 3.01. The van der Waals surface area contributed by atoms with Crippen molar-refractivity contribution in [3.8, 4) is 0 Å². The van der Waals surface area contributed by atoms with Crippen molar-refractivity contribution in [2.75, 3.05) is 19.3 Å². The predicted octanol–water partition coefficient (Wildman–Crippen LogP) is 1.07. The van der Waals surface area contributed by atoms with Crippen molar-refractivity contribution in [1.82, 2.24) is 9.62 Å². The maximum absolute atomic E-state index is 14.0. The minimum Gasteiger partial charge on any atom is -0.399 e. The van der Waals surface area contributed by atoms with Gasteiger partial charge in [-0.3, -0.25) is 4.79 Å². The topological polar surface area (TPSA) is 92.5 Å². The molecule has 0 spiro atoms. The average molecular weight is 380 g/mol. The summed E-state index contributed by atoms with van der Waals surface area (Å²) in [5.74, 6) is -1.34. The molecule has 6 nitrogen and oxygen atoms in total. The first-order valence-electron chi connectivity index (χ1n) is 6.22. The van der Waals surface area contributed by atoms with E-state index in [0.717, 1.165) is 23.2 Å². The number of benzene rings is 1. The van der Waals surface area contributed by atoms with Crippen molar-refractivity contribution >= 4 is 37.5 Å². The van der Waals surface area contributed by atoms with Gasteiger partial charge in [-0.05, 0) is 40.9 Å². The van der Waals surface area contributed by atoms with Gasteiger partial charge in [0.05, 0.1) is 11.0 Å². The van der Waals surface area contributed by atoms with Gasteiger partial charge in [0, 0.05) is 18.8 Å². The van der Waals surface area contributed by atoms with Gasteiger partial charge in [-0.2, -0.15) is 4.31 Å². The SMILES string of the molecule is CN(CC(=O)NC1CC1)S(=O)(=O)c1cc(N)cc(Br)c1F. The number of carbonyl (C=O) groups excluding carboxylic acids is 1. The molecule has 21 heavy (non-hydrogen) atoms. The summed E-state index contributed by atoms with van der Waals surface area (Å²) in [4.78, 5) is 11.1. The van der Waals surface area contributed by atoms with Crippen LogP contribution in [0.25, 0.3) is 0 Å². The van der Waals surface area contributed by atoms with E-state index >= 15 is 0 Å². The van der Waals surface area contributed by atoms with Gasteiger partial charge in [-0.1, -0.05) is 0 Å². The van der Waals surface area contributed by atoms with Crippen molar-refractivity contribution in [3.63, 3.8) is 0 Å². The van der Waals surface area contributed by atoms with Gasteiger partial charge in [-0.25, -0.2) is 12.8 Å². The molecule has 0 aliphatic heterocycles. The van der Waals surface area contributed by atoms with Crippen LogP contribution in [0.1, 0.15) is 12.8 Å². The van der Waals surface area contributed by atoms with Crippen LogP contribution in [0.3, 0.4) is 0 Å². The zero-order valence-corrected chi connectivity index (χ0v) is 13.7. The minimum atomic E-state index is -4.14. The Hall–Kier alpha value is -1.19. The highest BCUT2D eigenvalue weighted by Crippen LogP contribution is 2.27. The molecule has 9 heteroatoms. The molecule has 2 rings (SSSR count). The lowest BCUT2D eigenvalue weighted by atomic mass is 10.3. The molecule has 0 atom stereocenters. The zero-order valence-electron chi connectivity index (χ0n) is 11.3. The van der Waals surface area contributed by atoms with E-state index in [1.54, 1.807) is 0 Å². The summed E-state index contributed by atoms with van der Waals surface area (Å²) in [5.41, 5.74) is 5.65. The molecule has 1 amide bonds. The van der Waals surface area contributed by atoms with E-state index in [9.17, 15) is 17.6 Å². The molecule has 1 aromatic carbocycles. The number of nitrogen functional groups attached to an aromatic ring is 1. The van der Waals surface area contributed by atoms with E-state index < -0.39 is 26.6 Å². The average Bonchev–Trinajstić information content (AvgIpc) is 3.17. The second-order valence-electron chi connectivity index (χ2n) is 4.92. The molecule has 0 saturated heterocycles. The number of anilines is 1. The molecule has 3 N–H and O–H groups in total. The van der Waals surface area contributed by atoms with Gasteiger partial charge < -0.3 is 11.1 Å². The summed E-state index contributed by atoms with van der Waals surface area (Å²) in [6.07, 6.45) is 1.80. The molecule has 116 valence electrons. The van der Waals surface area contributed by atoms with Crippen LogP contribution >= 0.6 is 15.9 Å². The second kappa shape index (κ2) is 5.90. The monoisotopic (exact) mass is 379 g/mol. The Morgan fingerprint density at radius 2 is 2.14 bits per heavy atom. The number of likely N-dealkylation sites (N-methyl/N-ethyl adjacent to an activating group) is 1. The van der Waals surface area contributed by atoms with Crippen LogP contribution in [0, 0.1) is 5.82 Å². The van der Waals surface area contributed by atoms with Crippen LogP contribution in [-0.2, 0) is 14.8 Å². The lowest BCUT2D eigenvalue weighted by molar-refractivity contribution is -0.121. The van der Waals surface area contributed by atoms with Crippen LogP contribution < -0.4 is 11.1 Å². The number of hydrogen-bond acceptors (Lipinski definition) is 4. The summed E-state index contributed by atoms with van der Waals surface area (Å²) >= 11 is 2.91. The Morgan fingerprint density at radius 3 is 2.71 bits per heavy atom. The number of sulfonamides is 1. The van der Waals surface area contributed by atoms with Crippen LogP contribution in [0.2, 0.25) is 0 Å². The summed E-state index contributed by atoms with van der Waals surface area (Å²) in [5, 5.41) is 2.67. The first-order chi connectivity index (χ1) is 9.71. The lowest BCUT2D eigenvalue weighted by Gasteiger charge is -2.18. The Morgan fingerprint density at radius 1 is 1.52 bits per heavy atom. The second-order valence-corrected chi connectivity index (χ2v) is 7.79. The number of carbonyl (C=O) groups is 1. The predicted molar refractivity (Wildman–Crippen MR) is 79.5 cm³/mol. The molecule has 0 bridgehead atoms. The third-order valence-corrected chi connectivity index (χ3v) is 5.39. The number of hydrogen-bond donors (Lipinski definition) is 2. The standard InChI is InChI=1S/C12H15BrFN3O3S/c1-17(6-11(18)16-8-2-3-8)21(19,20)10-5-7(15)4-9(13)12(10)14/h4-5,8H,2-3,6,15H2,1H3,(H,16,18). The Balaban J connectivity index is 2.22. The van der Waals surface area contributed by atoms with Crippen LogP contribution in [0.15, 0.2) is 21.5 Å². The molecular formula is C12H15BrFN3O3S. The van der Waals surface area contributed by atoms with Gasteiger partial charge >= 0.3 is 0 Å². The van der Waals surface area contributed by atoms with Crippen LogP contribution in [-0.4, -0.2) is 38.3 Å². The quantitative estimate of drug-likeness (QED) is 0.748. The van der Waals surface area contributed by atoms with E-state index in [-0.39, 0.29) is 22.7 Å². The lowest BCUT2D eigenvalue weighted by Crippen LogP contribution is -2.39. The fourth-order valence-corrected chi connectivity index (χ4v) is 3.58. The highest BCUT2D eigenvalue weighted by atomic mass is 79.9. The number of nitrogens with two attached hydrogens (primary N) is 1. The Kier molecular flexibility index (Phi) is 4.54. The molecule has 0 heterocycles. The van der Waals surface area contributed by atoms with E-state index in [1.165, 1.54) is 13.1 Å². The largest absolute Gasteiger partial charge is 0.399 e. The molecule has 0 aromatic heterocycles. The Labute approximate surface area is 130 Å². The fraction of sp³-hybridized carbons (Fsp3) is 0.417. The van der Waals surface area contributed by atoms with Crippen molar-refractivity contribution in [1.29, 1.82) is 0 Å². The van der Waals surface area contributed by atoms with Crippen LogP contribution in [0.5, 0.6) is 0 Å². The third kappa shape index (κ3) is 3.72. The molecule has 1 fully saturated rings. The van der Waals surface area contributed by atoms with Gasteiger partial charge in [0.2, 0.25) is 15.9 Å². The highest BCUT2D eigenvalue weighted by molar-refractivity contribution is 9.10.